The first-order valence-electron chi connectivity index (χ1n) is 12.7. The Hall–Kier alpha value is -3.48. The molecule has 4 rings (SSSR count). The first-order valence-corrected chi connectivity index (χ1v) is 12.7. The van der Waals surface area contributed by atoms with Crippen molar-refractivity contribution in [3.05, 3.63) is 70.4 Å². The highest BCUT2D eigenvalue weighted by molar-refractivity contribution is 5.62. The van der Waals surface area contributed by atoms with Crippen LogP contribution in [0, 0.1) is 27.0 Å². The van der Waals surface area contributed by atoms with E-state index < -0.39 is 36.6 Å². The van der Waals surface area contributed by atoms with Gasteiger partial charge in [-0.15, -0.1) is 0 Å². The number of aryl methyl sites for hydroxylation is 2. The lowest BCUT2D eigenvalue weighted by atomic mass is 10.1. The number of aliphatic hydroxyl groups excluding tert-OH is 2. The Kier molecular flexibility index (Phi) is 9.60. The van der Waals surface area contributed by atoms with Gasteiger partial charge in [0, 0.05) is 24.5 Å². The molecule has 0 spiro atoms. The van der Waals surface area contributed by atoms with Crippen molar-refractivity contribution in [2.45, 2.75) is 76.2 Å². The minimum Gasteiger partial charge on any atom is -0.382 e. The van der Waals surface area contributed by atoms with Crippen LogP contribution in [0.4, 0.5) is 49.1 Å². The van der Waals surface area contributed by atoms with E-state index in [0.29, 0.717) is 61.5 Å². The number of anilines is 2. The van der Waals surface area contributed by atoms with Crippen molar-refractivity contribution in [3.8, 4) is 0 Å². The molecule has 2 aromatic rings. The SMILES string of the molecule is [C-]#[N+]c1ccc(N2CCC[C@@H]2[C@@H](O)C(F)(F)F)cc1C.[C-]#[N+]c1ccc(N2CCC[C@@H]2[C@H](O)C(F)(F)F)cc1C. The van der Waals surface area contributed by atoms with Crippen LogP contribution in [0.15, 0.2) is 36.4 Å². The molecule has 40 heavy (non-hydrogen) atoms. The number of rotatable bonds is 4. The average molecular weight is 569 g/mol. The third kappa shape index (κ3) is 6.98. The molecule has 0 amide bonds. The molecule has 2 aromatic carbocycles. The summed E-state index contributed by atoms with van der Waals surface area (Å²) < 4.78 is 76.0. The van der Waals surface area contributed by atoms with E-state index in [1.807, 2.05) is 0 Å². The maximum Gasteiger partial charge on any atom is 0.416 e. The lowest BCUT2D eigenvalue weighted by Crippen LogP contribution is -2.47. The molecule has 216 valence electrons. The predicted molar refractivity (Wildman–Crippen MR) is 140 cm³/mol. The fourth-order valence-electron chi connectivity index (χ4n) is 5.21. The second kappa shape index (κ2) is 12.4. The highest BCUT2D eigenvalue weighted by Gasteiger charge is 2.48. The van der Waals surface area contributed by atoms with Crippen LogP contribution in [0.25, 0.3) is 9.69 Å². The fourth-order valence-corrected chi connectivity index (χ4v) is 5.21. The van der Waals surface area contributed by atoms with Crippen molar-refractivity contribution in [1.82, 2.24) is 0 Å². The molecule has 2 saturated heterocycles. The van der Waals surface area contributed by atoms with Crippen LogP contribution in [0.1, 0.15) is 36.8 Å². The molecular formula is C28H30F6N4O2. The minimum atomic E-state index is -4.61. The van der Waals surface area contributed by atoms with E-state index in [0.717, 1.165) is 11.1 Å². The normalized spacial score (nSPS) is 20.8. The van der Waals surface area contributed by atoms with E-state index in [2.05, 4.69) is 9.69 Å². The summed E-state index contributed by atoms with van der Waals surface area (Å²) in [7, 11) is 0. The van der Waals surface area contributed by atoms with Crippen LogP contribution in [-0.2, 0) is 0 Å². The summed E-state index contributed by atoms with van der Waals surface area (Å²) in [6, 6.07) is 7.99. The van der Waals surface area contributed by atoms with E-state index in [1.54, 1.807) is 60.0 Å². The third-order valence-corrected chi connectivity index (χ3v) is 7.26. The number of halogens is 6. The Morgan fingerprint density at radius 3 is 1.35 bits per heavy atom. The summed E-state index contributed by atoms with van der Waals surface area (Å²) in [5, 5.41) is 18.9. The second-order valence-electron chi connectivity index (χ2n) is 9.94. The summed E-state index contributed by atoms with van der Waals surface area (Å²) in [5.41, 5.74) is 3.68. The topological polar surface area (TPSA) is 55.7 Å². The van der Waals surface area contributed by atoms with Gasteiger partial charge in [-0.1, -0.05) is 12.1 Å². The van der Waals surface area contributed by atoms with Crippen LogP contribution in [0.2, 0.25) is 0 Å². The molecule has 0 bridgehead atoms. The molecule has 0 radical (unpaired) electrons. The maximum absolute atomic E-state index is 12.7. The van der Waals surface area contributed by atoms with E-state index >= 15 is 0 Å². The molecule has 2 aliphatic rings. The maximum atomic E-state index is 12.7. The van der Waals surface area contributed by atoms with Crippen LogP contribution in [0.5, 0.6) is 0 Å². The number of hydrogen-bond acceptors (Lipinski definition) is 4. The Morgan fingerprint density at radius 1 is 0.725 bits per heavy atom. The van der Waals surface area contributed by atoms with Gasteiger partial charge in [-0.2, -0.15) is 26.3 Å². The quantitative estimate of drug-likeness (QED) is 0.312. The van der Waals surface area contributed by atoms with Gasteiger partial charge in [-0.05, 0) is 74.9 Å². The summed E-state index contributed by atoms with van der Waals surface area (Å²) in [5.74, 6) is 0. The molecular weight excluding hydrogens is 538 g/mol. The second-order valence-corrected chi connectivity index (χ2v) is 9.94. The summed E-state index contributed by atoms with van der Waals surface area (Å²) >= 11 is 0. The van der Waals surface area contributed by atoms with Crippen LogP contribution >= 0.6 is 0 Å². The molecule has 0 aliphatic carbocycles. The van der Waals surface area contributed by atoms with Crippen molar-refractivity contribution < 1.29 is 36.6 Å². The van der Waals surface area contributed by atoms with Gasteiger partial charge in [0.1, 0.15) is 0 Å². The van der Waals surface area contributed by atoms with E-state index in [4.69, 9.17) is 13.1 Å². The van der Waals surface area contributed by atoms with Crippen LogP contribution in [-0.4, -0.2) is 59.9 Å². The smallest absolute Gasteiger partial charge is 0.382 e. The molecule has 2 N–H and O–H groups in total. The number of aliphatic hydroxyl groups is 2. The molecule has 4 atom stereocenters. The van der Waals surface area contributed by atoms with Gasteiger partial charge < -0.3 is 20.0 Å². The van der Waals surface area contributed by atoms with Gasteiger partial charge in [0.25, 0.3) is 0 Å². The van der Waals surface area contributed by atoms with Gasteiger partial charge in [0.15, 0.2) is 23.6 Å². The highest BCUT2D eigenvalue weighted by atomic mass is 19.4. The van der Waals surface area contributed by atoms with Crippen molar-refractivity contribution in [1.29, 1.82) is 0 Å². The zero-order valence-electron chi connectivity index (χ0n) is 22.0. The molecule has 2 aliphatic heterocycles. The van der Waals surface area contributed by atoms with E-state index in [1.165, 1.54) is 0 Å². The molecule has 2 heterocycles. The fraction of sp³-hybridized carbons (Fsp3) is 0.500. The van der Waals surface area contributed by atoms with Crippen molar-refractivity contribution >= 4 is 22.7 Å². The van der Waals surface area contributed by atoms with E-state index in [-0.39, 0.29) is 0 Å². The first-order chi connectivity index (χ1) is 18.7. The number of benzene rings is 2. The Morgan fingerprint density at radius 2 is 1.07 bits per heavy atom. The van der Waals surface area contributed by atoms with Gasteiger partial charge in [0.05, 0.1) is 25.2 Å². The lowest BCUT2D eigenvalue weighted by Gasteiger charge is -2.31. The first kappa shape index (κ1) is 31.1. The summed E-state index contributed by atoms with van der Waals surface area (Å²) in [6.45, 7) is 18.4. The Bertz CT molecular complexity index is 1170. The van der Waals surface area contributed by atoms with Gasteiger partial charge in [-0.25, -0.2) is 9.69 Å². The number of hydrogen-bond donors (Lipinski definition) is 2. The molecule has 0 aromatic heterocycles. The van der Waals surface area contributed by atoms with Gasteiger partial charge >= 0.3 is 12.4 Å². The minimum absolute atomic E-state index is 0.310. The molecule has 0 unspecified atom stereocenters. The summed E-state index contributed by atoms with van der Waals surface area (Å²) in [6.07, 6.45) is -12.1. The van der Waals surface area contributed by atoms with Crippen molar-refractivity contribution in [2.75, 3.05) is 22.9 Å². The average Bonchev–Trinajstić information content (AvgIpc) is 3.57. The van der Waals surface area contributed by atoms with Crippen LogP contribution in [0.3, 0.4) is 0 Å². The van der Waals surface area contributed by atoms with Gasteiger partial charge in [-0.3, -0.25) is 0 Å². The highest BCUT2D eigenvalue weighted by Crippen LogP contribution is 2.36. The van der Waals surface area contributed by atoms with Gasteiger partial charge in [0.2, 0.25) is 0 Å². The Labute approximate surface area is 229 Å². The van der Waals surface area contributed by atoms with E-state index in [9.17, 15) is 36.6 Å². The summed E-state index contributed by atoms with van der Waals surface area (Å²) in [4.78, 5) is 9.83. The number of nitrogens with zero attached hydrogens (tertiary/aromatic N) is 4. The molecule has 6 nitrogen and oxygen atoms in total. The Balaban J connectivity index is 0.000000220. The van der Waals surface area contributed by atoms with Crippen molar-refractivity contribution in [2.24, 2.45) is 0 Å². The standard InChI is InChI=1S/2C14H15F3N2O/c2*1-9-8-10(5-6-11(9)18-2)19-7-3-4-12(19)13(20)14(15,16)17/h2*5-6,8,12-13,20H,3-4,7H2,1H3/t12-,13+;12-,13-/m11/s1. The lowest BCUT2D eigenvalue weighted by molar-refractivity contribution is -0.209. The number of alkyl halides is 6. The zero-order valence-corrected chi connectivity index (χ0v) is 22.0. The largest absolute Gasteiger partial charge is 0.416 e. The molecule has 0 saturated carbocycles. The molecule has 12 heteroatoms. The predicted octanol–water partition coefficient (Wildman–Crippen LogP) is 6.88. The third-order valence-electron chi connectivity index (χ3n) is 7.26. The molecule has 2 fully saturated rings. The van der Waals surface area contributed by atoms with Crippen LogP contribution < -0.4 is 9.80 Å². The monoisotopic (exact) mass is 568 g/mol. The zero-order chi connectivity index (χ0) is 29.8. The van der Waals surface area contributed by atoms with Crippen molar-refractivity contribution in [3.63, 3.8) is 0 Å².